The van der Waals surface area contributed by atoms with Crippen molar-refractivity contribution in [3.8, 4) is 11.1 Å². The summed E-state index contributed by atoms with van der Waals surface area (Å²) in [7, 11) is 0. The zero-order valence-electron chi connectivity index (χ0n) is 8.65. The molecule has 1 aromatic carbocycles. The minimum absolute atomic E-state index is 0.230. The third-order valence-corrected chi connectivity index (χ3v) is 3.01. The van der Waals surface area contributed by atoms with Crippen LogP contribution in [0.2, 0.25) is 10.0 Å². The van der Waals surface area contributed by atoms with E-state index in [4.69, 9.17) is 28.9 Å². The topological polar surface area (TPSA) is 56.0 Å². The summed E-state index contributed by atoms with van der Waals surface area (Å²) < 4.78 is 0. The minimum atomic E-state index is -0.550. The maximum atomic E-state index is 10.9. The van der Waals surface area contributed by atoms with Gasteiger partial charge in [0.2, 0.25) is 0 Å². The van der Waals surface area contributed by atoms with Gasteiger partial charge in [-0.25, -0.2) is 0 Å². The molecule has 0 fully saturated rings. The van der Waals surface area contributed by atoms with E-state index in [-0.39, 0.29) is 5.69 Å². The Kier molecular flexibility index (Phi) is 3.31. The molecule has 0 bridgehead atoms. The molecule has 0 saturated heterocycles. The van der Waals surface area contributed by atoms with Gasteiger partial charge in [-0.1, -0.05) is 35.3 Å². The number of amides is 1. The fourth-order valence-corrected chi connectivity index (χ4v) is 1.68. The maximum absolute atomic E-state index is 10.9. The van der Waals surface area contributed by atoms with Crippen molar-refractivity contribution < 1.29 is 4.79 Å². The van der Waals surface area contributed by atoms with E-state index in [1.807, 2.05) is 6.07 Å². The second-order valence-corrected chi connectivity index (χ2v) is 4.24. The van der Waals surface area contributed by atoms with Gasteiger partial charge < -0.3 is 5.73 Å². The van der Waals surface area contributed by atoms with E-state index < -0.39 is 5.91 Å². The molecule has 0 aliphatic rings. The number of rotatable bonds is 2. The average molecular weight is 267 g/mol. The summed E-state index contributed by atoms with van der Waals surface area (Å²) in [5.74, 6) is -0.550. The Morgan fingerprint density at radius 1 is 1.06 bits per heavy atom. The molecule has 17 heavy (non-hydrogen) atoms. The number of nitrogens with zero attached hydrogens (tertiary/aromatic N) is 1. The number of hydrogen-bond donors (Lipinski definition) is 1. The molecular weight excluding hydrogens is 259 g/mol. The van der Waals surface area contributed by atoms with Crippen LogP contribution in [0.1, 0.15) is 10.5 Å². The van der Waals surface area contributed by atoms with Crippen LogP contribution >= 0.6 is 23.2 Å². The molecule has 3 nitrogen and oxygen atoms in total. The first kappa shape index (κ1) is 11.9. The number of aromatic nitrogens is 1. The van der Waals surface area contributed by atoms with Crippen LogP contribution in [0.4, 0.5) is 0 Å². The zero-order chi connectivity index (χ0) is 12.4. The van der Waals surface area contributed by atoms with E-state index in [0.29, 0.717) is 10.0 Å². The molecule has 0 unspecified atom stereocenters. The smallest absolute Gasteiger partial charge is 0.267 e. The van der Waals surface area contributed by atoms with Crippen LogP contribution < -0.4 is 5.73 Å². The number of halogens is 2. The quantitative estimate of drug-likeness (QED) is 0.908. The molecule has 0 radical (unpaired) electrons. The van der Waals surface area contributed by atoms with Crippen LogP contribution in [-0.4, -0.2) is 10.9 Å². The van der Waals surface area contributed by atoms with Crippen molar-refractivity contribution in [2.45, 2.75) is 0 Å². The van der Waals surface area contributed by atoms with Gasteiger partial charge in [-0.2, -0.15) is 0 Å². The highest BCUT2D eigenvalue weighted by Gasteiger charge is 2.05. The number of benzene rings is 1. The van der Waals surface area contributed by atoms with Crippen molar-refractivity contribution in [2.24, 2.45) is 5.73 Å². The lowest BCUT2D eigenvalue weighted by molar-refractivity contribution is 0.0995. The number of carbonyl (C=O) groups is 1. The van der Waals surface area contributed by atoms with Crippen molar-refractivity contribution in [3.63, 3.8) is 0 Å². The van der Waals surface area contributed by atoms with Gasteiger partial charge >= 0.3 is 0 Å². The molecule has 1 heterocycles. The van der Waals surface area contributed by atoms with Crippen LogP contribution in [-0.2, 0) is 0 Å². The van der Waals surface area contributed by atoms with Gasteiger partial charge in [0.1, 0.15) is 5.69 Å². The first-order valence-electron chi connectivity index (χ1n) is 4.79. The van der Waals surface area contributed by atoms with Gasteiger partial charge in [0.25, 0.3) is 5.91 Å². The molecular formula is C12H8Cl2N2O. The molecule has 0 aliphatic heterocycles. The van der Waals surface area contributed by atoms with E-state index in [2.05, 4.69) is 4.98 Å². The van der Waals surface area contributed by atoms with Gasteiger partial charge in [-0.15, -0.1) is 0 Å². The van der Waals surface area contributed by atoms with Crippen LogP contribution in [0.15, 0.2) is 36.5 Å². The van der Waals surface area contributed by atoms with Gasteiger partial charge in [0.15, 0.2) is 0 Å². The van der Waals surface area contributed by atoms with E-state index in [1.165, 1.54) is 0 Å². The summed E-state index contributed by atoms with van der Waals surface area (Å²) in [6.45, 7) is 0. The molecule has 2 N–H and O–H groups in total. The highest BCUT2D eigenvalue weighted by Crippen LogP contribution is 2.28. The molecule has 1 amide bonds. The molecule has 0 atom stereocenters. The minimum Gasteiger partial charge on any atom is -0.364 e. The van der Waals surface area contributed by atoms with Gasteiger partial charge in [-0.05, 0) is 23.8 Å². The molecule has 2 aromatic rings. The molecule has 0 saturated carbocycles. The van der Waals surface area contributed by atoms with E-state index in [9.17, 15) is 4.79 Å². The Balaban J connectivity index is 2.39. The lowest BCUT2D eigenvalue weighted by Gasteiger charge is -2.03. The van der Waals surface area contributed by atoms with E-state index in [1.54, 1.807) is 30.5 Å². The maximum Gasteiger partial charge on any atom is 0.267 e. The third-order valence-electron chi connectivity index (χ3n) is 2.27. The number of nitrogens with two attached hydrogens (primary N) is 1. The van der Waals surface area contributed by atoms with E-state index >= 15 is 0 Å². The standard InChI is InChI=1S/C12H8Cl2N2O/c13-9-3-1-7(5-10(9)14)8-2-4-11(12(15)17)16-6-8/h1-6H,(H2,15,17). The highest BCUT2D eigenvalue weighted by atomic mass is 35.5. The van der Waals surface area contributed by atoms with Crippen molar-refractivity contribution in [2.75, 3.05) is 0 Å². The highest BCUT2D eigenvalue weighted by molar-refractivity contribution is 6.42. The number of carbonyl (C=O) groups excluding carboxylic acids is 1. The Labute approximate surface area is 108 Å². The average Bonchev–Trinajstić information content (AvgIpc) is 2.33. The first-order chi connectivity index (χ1) is 8.08. The molecule has 5 heteroatoms. The fraction of sp³-hybridized carbons (Fsp3) is 0. The molecule has 0 spiro atoms. The zero-order valence-corrected chi connectivity index (χ0v) is 10.2. The normalized spacial score (nSPS) is 10.2. The summed E-state index contributed by atoms with van der Waals surface area (Å²) in [6.07, 6.45) is 1.57. The number of pyridine rings is 1. The fourth-order valence-electron chi connectivity index (χ4n) is 1.39. The number of primary amides is 1. The predicted octanol–water partition coefficient (Wildman–Crippen LogP) is 3.15. The van der Waals surface area contributed by atoms with Crippen LogP contribution in [0.5, 0.6) is 0 Å². The van der Waals surface area contributed by atoms with E-state index in [0.717, 1.165) is 11.1 Å². The monoisotopic (exact) mass is 266 g/mol. The summed E-state index contributed by atoms with van der Waals surface area (Å²) in [6, 6.07) is 8.61. The Morgan fingerprint density at radius 3 is 2.29 bits per heavy atom. The molecule has 1 aromatic heterocycles. The summed E-state index contributed by atoms with van der Waals surface area (Å²) in [5.41, 5.74) is 7.06. The largest absolute Gasteiger partial charge is 0.364 e. The Hall–Kier alpha value is -1.58. The Bertz CT molecular complexity index is 567. The van der Waals surface area contributed by atoms with Crippen LogP contribution in [0.25, 0.3) is 11.1 Å². The number of hydrogen-bond acceptors (Lipinski definition) is 2. The van der Waals surface area contributed by atoms with Crippen molar-refractivity contribution in [1.29, 1.82) is 0 Å². The second kappa shape index (κ2) is 4.73. The van der Waals surface area contributed by atoms with Crippen molar-refractivity contribution >= 4 is 29.1 Å². The van der Waals surface area contributed by atoms with Crippen molar-refractivity contribution in [1.82, 2.24) is 4.98 Å². The van der Waals surface area contributed by atoms with Gasteiger partial charge in [-0.3, -0.25) is 9.78 Å². The summed E-state index contributed by atoms with van der Waals surface area (Å²) >= 11 is 11.7. The second-order valence-electron chi connectivity index (χ2n) is 3.43. The summed E-state index contributed by atoms with van der Waals surface area (Å²) in [5, 5.41) is 0.972. The molecule has 86 valence electrons. The van der Waals surface area contributed by atoms with Crippen molar-refractivity contribution in [3.05, 3.63) is 52.3 Å². The van der Waals surface area contributed by atoms with Gasteiger partial charge in [0.05, 0.1) is 10.0 Å². The lowest BCUT2D eigenvalue weighted by atomic mass is 10.1. The van der Waals surface area contributed by atoms with Crippen LogP contribution in [0.3, 0.4) is 0 Å². The Morgan fingerprint density at radius 2 is 1.76 bits per heavy atom. The van der Waals surface area contributed by atoms with Crippen LogP contribution in [0, 0.1) is 0 Å². The SMILES string of the molecule is NC(=O)c1ccc(-c2ccc(Cl)c(Cl)c2)cn1. The molecule has 2 rings (SSSR count). The van der Waals surface area contributed by atoms with Gasteiger partial charge in [0, 0.05) is 11.8 Å². The first-order valence-corrected chi connectivity index (χ1v) is 5.55. The lowest BCUT2D eigenvalue weighted by Crippen LogP contribution is -2.12. The molecule has 0 aliphatic carbocycles. The third kappa shape index (κ3) is 2.57. The predicted molar refractivity (Wildman–Crippen MR) is 68.2 cm³/mol. The summed E-state index contributed by atoms with van der Waals surface area (Å²) in [4.78, 5) is 14.8.